The number of aliphatic hydroxyl groups is 2. The molecule has 0 saturated heterocycles. The number of hydrogen-bond acceptors (Lipinski definition) is 6. The van der Waals surface area contributed by atoms with Crippen LogP contribution in [0.25, 0.3) is 0 Å². The maximum absolute atomic E-state index is 12.3. The SMILES string of the molecule is COCCOC(c1ccc(C(=O)C(C)(C)O)cc1)c1ccc(C(=O)C(C)(C)O)cc1. The Hall–Kier alpha value is -2.38. The highest BCUT2D eigenvalue weighted by molar-refractivity contribution is 6.02. The minimum Gasteiger partial charge on any atom is -0.382 e. The number of rotatable bonds is 10. The lowest BCUT2D eigenvalue weighted by molar-refractivity contribution is 0.0355. The fourth-order valence-electron chi connectivity index (χ4n) is 2.96. The molecule has 2 rings (SSSR count). The van der Waals surface area contributed by atoms with E-state index in [1.807, 2.05) is 0 Å². The molecule has 162 valence electrons. The van der Waals surface area contributed by atoms with Gasteiger partial charge in [0.25, 0.3) is 0 Å². The summed E-state index contributed by atoms with van der Waals surface area (Å²) in [4.78, 5) is 24.5. The zero-order valence-corrected chi connectivity index (χ0v) is 18.1. The normalized spacial score (nSPS) is 12.3. The Bertz CT molecular complexity index is 785. The van der Waals surface area contributed by atoms with Gasteiger partial charge >= 0.3 is 0 Å². The first-order valence-corrected chi connectivity index (χ1v) is 9.80. The molecule has 0 bridgehead atoms. The summed E-state index contributed by atoms with van der Waals surface area (Å²) in [5, 5.41) is 19.9. The fourth-order valence-corrected chi connectivity index (χ4v) is 2.96. The zero-order chi connectivity index (χ0) is 22.5. The van der Waals surface area contributed by atoms with Gasteiger partial charge in [-0.3, -0.25) is 9.59 Å². The monoisotopic (exact) mass is 414 g/mol. The second kappa shape index (κ2) is 9.62. The first kappa shape index (κ1) is 23.9. The van der Waals surface area contributed by atoms with Crippen LogP contribution in [0.5, 0.6) is 0 Å². The number of methoxy groups -OCH3 is 1. The maximum Gasteiger partial charge on any atom is 0.193 e. The van der Waals surface area contributed by atoms with Crippen molar-refractivity contribution >= 4 is 11.6 Å². The molecule has 2 aromatic rings. The summed E-state index contributed by atoms with van der Waals surface area (Å²) < 4.78 is 11.1. The summed E-state index contributed by atoms with van der Waals surface area (Å²) in [5.41, 5.74) is -0.432. The summed E-state index contributed by atoms with van der Waals surface area (Å²) in [6, 6.07) is 13.8. The third-order valence-corrected chi connectivity index (χ3v) is 4.63. The van der Waals surface area contributed by atoms with Gasteiger partial charge in [0.1, 0.15) is 17.3 Å². The molecular formula is C24H30O6. The average molecular weight is 414 g/mol. The van der Waals surface area contributed by atoms with Crippen molar-refractivity contribution in [1.29, 1.82) is 0 Å². The second-order valence-electron chi connectivity index (χ2n) is 8.26. The standard InChI is InChI=1S/C24H30O6/c1-23(2,27)21(25)18-10-6-16(7-11-18)20(30-15-14-29-5)17-8-12-19(13-9-17)22(26)24(3,4)28/h6-13,20,27-28H,14-15H2,1-5H3. The van der Waals surface area contributed by atoms with E-state index in [4.69, 9.17) is 9.47 Å². The molecule has 0 aromatic heterocycles. The van der Waals surface area contributed by atoms with Crippen LogP contribution in [0.4, 0.5) is 0 Å². The Morgan fingerprint density at radius 1 is 0.767 bits per heavy atom. The third-order valence-electron chi connectivity index (χ3n) is 4.63. The molecule has 0 heterocycles. The van der Waals surface area contributed by atoms with E-state index >= 15 is 0 Å². The van der Waals surface area contributed by atoms with Crippen molar-refractivity contribution in [2.45, 2.75) is 45.0 Å². The molecule has 0 aliphatic rings. The molecule has 0 fully saturated rings. The van der Waals surface area contributed by atoms with Crippen LogP contribution in [0.1, 0.15) is 65.6 Å². The van der Waals surface area contributed by atoms with Gasteiger partial charge in [0.15, 0.2) is 11.6 Å². The van der Waals surface area contributed by atoms with Crippen LogP contribution in [0, 0.1) is 0 Å². The van der Waals surface area contributed by atoms with E-state index in [2.05, 4.69) is 0 Å². The van der Waals surface area contributed by atoms with Gasteiger partial charge in [-0.1, -0.05) is 48.5 Å². The lowest BCUT2D eigenvalue weighted by Crippen LogP contribution is -2.31. The summed E-state index contributed by atoms with van der Waals surface area (Å²) in [6.45, 7) is 6.59. The van der Waals surface area contributed by atoms with Crippen LogP contribution in [0.3, 0.4) is 0 Å². The molecule has 6 heteroatoms. The Morgan fingerprint density at radius 2 is 1.13 bits per heavy atom. The molecule has 0 aliphatic carbocycles. The van der Waals surface area contributed by atoms with Gasteiger partial charge in [0, 0.05) is 18.2 Å². The first-order valence-electron chi connectivity index (χ1n) is 9.80. The number of carbonyl (C=O) groups is 2. The largest absolute Gasteiger partial charge is 0.382 e. The lowest BCUT2D eigenvalue weighted by Gasteiger charge is -2.21. The van der Waals surface area contributed by atoms with E-state index in [-0.39, 0.29) is 11.6 Å². The topological polar surface area (TPSA) is 93.1 Å². The van der Waals surface area contributed by atoms with Crippen molar-refractivity contribution < 1.29 is 29.3 Å². The third kappa shape index (κ3) is 6.06. The summed E-state index contributed by atoms with van der Waals surface area (Å²) >= 11 is 0. The molecule has 0 unspecified atom stereocenters. The molecule has 30 heavy (non-hydrogen) atoms. The lowest BCUT2D eigenvalue weighted by atomic mass is 9.92. The molecule has 0 atom stereocenters. The van der Waals surface area contributed by atoms with Crippen LogP contribution < -0.4 is 0 Å². The van der Waals surface area contributed by atoms with Gasteiger partial charge in [-0.2, -0.15) is 0 Å². The summed E-state index contributed by atoms with van der Waals surface area (Å²) in [7, 11) is 1.59. The van der Waals surface area contributed by atoms with Crippen molar-refractivity contribution in [3.8, 4) is 0 Å². The maximum atomic E-state index is 12.3. The molecule has 0 amide bonds. The van der Waals surface area contributed by atoms with Crippen LogP contribution in [-0.2, 0) is 9.47 Å². The smallest absolute Gasteiger partial charge is 0.193 e. The minimum atomic E-state index is -1.45. The van der Waals surface area contributed by atoms with Crippen molar-refractivity contribution in [1.82, 2.24) is 0 Å². The van der Waals surface area contributed by atoms with Crippen molar-refractivity contribution in [3.63, 3.8) is 0 Å². The molecule has 6 nitrogen and oxygen atoms in total. The molecule has 0 aliphatic heterocycles. The van der Waals surface area contributed by atoms with Gasteiger partial charge in [0.2, 0.25) is 0 Å². The summed E-state index contributed by atoms with van der Waals surface area (Å²) in [6.07, 6.45) is -0.433. The second-order valence-corrected chi connectivity index (χ2v) is 8.26. The number of ether oxygens (including phenoxy) is 2. The molecule has 0 spiro atoms. The minimum absolute atomic E-state index is 0.357. The Morgan fingerprint density at radius 3 is 1.43 bits per heavy atom. The summed E-state index contributed by atoms with van der Waals surface area (Å²) in [5.74, 6) is -0.722. The number of hydrogen-bond donors (Lipinski definition) is 2. The van der Waals surface area contributed by atoms with E-state index in [0.717, 1.165) is 11.1 Å². The fraction of sp³-hybridized carbons (Fsp3) is 0.417. The van der Waals surface area contributed by atoms with Gasteiger partial charge in [0.05, 0.1) is 13.2 Å². The van der Waals surface area contributed by atoms with Crippen molar-refractivity contribution in [2.75, 3.05) is 20.3 Å². The van der Waals surface area contributed by atoms with Crippen LogP contribution in [-0.4, -0.2) is 53.3 Å². The van der Waals surface area contributed by atoms with Crippen molar-refractivity contribution in [3.05, 3.63) is 70.8 Å². The predicted molar refractivity (Wildman–Crippen MR) is 114 cm³/mol. The van der Waals surface area contributed by atoms with Crippen LogP contribution >= 0.6 is 0 Å². The highest BCUT2D eigenvalue weighted by Gasteiger charge is 2.27. The highest BCUT2D eigenvalue weighted by Crippen LogP contribution is 2.28. The van der Waals surface area contributed by atoms with E-state index in [1.165, 1.54) is 27.7 Å². The number of benzene rings is 2. The Balaban J connectivity index is 2.32. The van der Waals surface area contributed by atoms with E-state index in [9.17, 15) is 19.8 Å². The highest BCUT2D eigenvalue weighted by atomic mass is 16.5. The van der Waals surface area contributed by atoms with Gasteiger partial charge in [-0.15, -0.1) is 0 Å². The van der Waals surface area contributed by atoms with Crippen molar-refractivity contribution in [2.24, 2.45) is 0 Å². The molecule has 0 saturated carbocycles. The van der Waals surface area contributed by atoms with E-state index in [0.29, 0.717) is 24.3 Å². The predicted octanol–water partition coefficient (Wildman–Crippen LogP) is 3.35. The van der Waals surface area contributed by atoms with Crippen LogP contribution in [0.15, 0.2) is 48.5 Å². The van der Waals surface area contributed by atoms with E-state index < -0.39 is 17.3 Å². The number of carbonyl (C=O) groups excluding carboxylic acids is 2. The van der Waals surface area contributed by atoms with Gasteiger partial charge in [-0.05, 0) is 38.8 Å². The quantitative estimate of drug-likeness (QED) is 0.458. The van der Waals surface area contributed by atoms with E-state index in [1.54, 1.807) is 55.6 Å². The van der Waals surface area contributed by atoms with Gasteiger partial charge in [-0.25, -0.2) is 0 Å². The molecule has 0 radical (unpaired) electrons. The molecular weight excluding hydrogens is 384 g/mol. The van der Waals surface area contributed by atoms with Gasteiger partial charge < -0.3 is 19.7 Å². The Kier molecular flexibility index (Phi) is 7.66. The first-order chi connectivity index (χ1) is 13.9. The molecule has 2 N–H and O–H groups in total. The van der Waals surface area contributed by atoms with Crippen LogP contribution in [0.2, 0.25) is 0 Å². The Labute approximate surface area is 177 Å². The number of ketones is 2. The average Bonchev–Trinajstić information content (AvgIpc) is 2.69. The zero-order valence-electron chi connectivity index (χ0n) is 18.1. The molecule has 2 aromatic carbocycles. The number of Topliss-reactive ketones (excluding diaryl/α,β-unsaturated/α-hetero) is 2.